The number of rotatable bonds is 8. The van der Waals surface area contributed by atoms with Crippen molar-refractivity contribution < 1.29 is 24.5 Å². The van der Waals surface area contributed by atoms with E-state index in [-0.39, 0.29) is 24.5 Å². The molecule has 3 aromatic rings. The van der Waals surface area contributed by atoms with Crippen molar-refractivity contribution in [2.75, 3.05) is 13.2 Å². The van der Waals surface area contributed by atoms with Gasteiger partial charge in [-0.15, -0.1) is 0 Å². The second-order valence-electron chi connectivity index (χ2n) is 6.36. The molecule has 0 saturated heterocycles. The van der Waals surface area contributed by atoms with Crippen LogP contribution < -0.4 is 10.4 Å². The van der Waals surface area contributed by atoms with Crippen molar-refractivity contribution in [2.45, 2.75) is 25.4 Å². The fraction of sp³-hybridized carbons (Fsp3) is 0.286. The van der Waals surface area contributed by atoms with Gasteiger partial charge in [0.15, 0.2) is 0 Å². The Morgan fingerprint density at radius 3 is 2.70 bits per heavy atom. The molecule has 0 amide bonds. The average molecular weight is 370 g/mol. The van der Waals surface area contributed by atoms with Gasteiger partial charge in [-0.25, -0.2) is 4.79 Å². The molecule has 1 aromatic heterocycles. The van der Waals surface area contributed by atoms with Crippen LogP contribution in [0.1, 0.15) is 17.5 Å². The van der Waals surface area contributed by atoms with E-state index in [1.54, 1.807) is 30.3 Å². The highest BCUT2D eigenvalue weighted by Crippen LogP contribution is 2.27. The average Bonchev–Trinajstić information content (AvgIpc) is 2.69. The molecule has 0 aliphatic rings. The number of ether oxygens (including phenoxy) is 1. The maximum Gasteiger partial charge on any atom is 0.343 e. The Morgan fingerprint density at radius 1 is 1.07 bits per heavy atom. The zero-order valence-corrected chi connectivity index (χ0v) is 14.8. The normalized spacial score (nSPS) is 12.2. The molecule has 1 atom stereocenters. The molecule has 0 aliphatic carbocycles. The molecule has 0 saturated carbocycles. The van der Waals surface area contributed by atoms with E-state index in [2.05, 4.69) is 0 Å². The minimum atomic E-state index is -0.913. The van der Waals surface area contributed by atoms with Crippen molar-refractivity contribution in [3.05, 3.63) is 70.1 Å². The number of benzene rings is 2. The Bertz CT molecular complexity index is 962. The monoisotopic (exact) mass is 370 g/mol. The molecule has 142 valence electrons. The summed E-state index contributed by atoms with van der Waals surface area (Å²) < 4.78 is 10.7. The molecule has 3 rings (SSSR count). The Labute approximate surface area is 156 Å². The van der Waals surface area contributed by atoms with Crippen LogP contribution in [0.15, 0.2) is 57.7 Å². The number of para-hydroxylation sites is 1. The number of hydrogen-bond donors (Lipinski definition) is 3. The zero-order chi connectivity index (χ0) is 19.2. The second-order valence-corrected chi connectivity index (χ2v) is 6.36. The van der Waals surface area contributed by atoms with E-state index in [0.717, 1.165) is 5.56 Å². The summed E-state index contributed by atoms with van der Waals surface area (Å²) >= 11 is 0. The number of fused-ring (bicyclic) bond motifs is 1. The van der Waals surface area contributed by atoms with E-state index < -0.39 is 11.7 Å². The van der Waals surface area contributed by atoms with Crippen LogP contribution in [0.5, 0.6) is 11.5 Å². The smallest absolute Gasteiger partial charge is 0.343 e. The molecule has 0 bridgehead atoms. The van der Waals surface area contributed by atoms with Crippen molar-refractivity contribution in [3.63, 3.8) is 0 Å². The maximum absolute atomic E-state index is 12.1. The highest BCUT2D eigenvalue weighted by Gasteiger charge is 2.13. The van der Waals surface area contributed by atoms with Crippen LogP contribution in [0.2, 0.25) is 0 Å². The van der Waals surface area contributed by atoms with Crippen LogP contribution >= 0.6 is 0 Å². The molecule has 2 aromatic carbocycles. The number of aliphatic hydroxyl groups is 2. The summed E-state index contributed by atoms with van der Waals surface area (Å²) in [5, 5.41) is 29.1. The Balaban J connectivity index is 1.65. The van der Waals surface area contributed by atoms with E-state index in [1.165, 1.54) is 0 Å². The minimum Gasteiger partial charge on any atom is -0.507 e. The summed E-state index contributed by atoms with van der Waals surface area (Å²) in [7, 11) is 0. The third-order valence-electron chi connectivity index (χ3n) is 4.32. The first-order valence-corrected chi connectivity index (χ1v) is 8.83. The van der Waals surface area contributed by atoms with Gasteiger partial charge < -0.3 is 24.5 Å². The maximum atomic E-state index is 12.1. The Kier molecular flexibility index (Phi) is 6.11. The Morgan fingerprint density at radius 2 is 1.89 bits per heavy atom. The zero-order valence-electron chi connectivity index (χ0n) is 14.8. The quantitative estimate of drug-likeness (QED) is 0.527. The van der Waals surface area contributed by atoms with Gasteiger partial charge in [0.25, 0.3) is 0 Å². The van der Waals surface area contributed by atoms with Crippen LogP contribution in [0.25, 0.3) is 11.0 Å². The van der Waals surface area contributed by atoms with Crippen LogP contribution in [-0.2, 0) is 12.8 Å². The van der Waals surface area contributed by atoms with Crippen LogP contribution in [0, 0.1) is 0 Å². The van der Waals surface area contributed by atoms with Gasteiger partial charge in [-0.2, -0.15) is 0 Å². The number of aryl methyl sites for hydroxylation is 1. The van der Waals surface area contributed by atoms with Gasteiger partial charge in [0, 0.05) is 0 Å². The molecular formula is C21H22O6. The van der Waals surface area contributed by atoms with E-state index >= 15 is 0 Å². The van der Waals surface area contributed by atoms with E-state index in [0.29, 0.717) is 36.0 Å². The first kappa shape index (κ1) is 18.9. The standard InChI is InChI=1S/C21H22O6/c22-12-15(23)13-26-16-7-3-5-14(11-16)6-4-9-18-20(24)17-8-1-2-10-19(17)27-21(18)25/h1-3,5,7-8,10-11,15,22-24H,4,6,9,12-13H2/t15-/m1/s1. The first-order valence-electron chi connectivity index (χ1n) is 8.83. The molecule has 0 spiro atoms. The van der Waals surface area contributed by atoms with Crippen LogP contribution in [0.4, 0.5) is 0 Å². The van der Waals surface area contributed by atoms with Crippen molar-refractivity contribution >= 4 is 11.0 Å². The van der Waals surface area contributed by atoms with Crippen molar-refractivity contribution in [3.8, 4) is 11.5 Å². The van der Waals surface area contributed by atoms with Gasteiger partial charge in [0.2, 0.25) is 0 Å². The molecule has 3 N–H and O–H groups in total. The number of aliphatic hydroxyl groups excluding tert-OH is 2. The minimum absolute atomic E-state index is 0.0167. The number of hydrogen-bond acceptors (Lipinski definition) is 6. The van der Waals surface area contributed by atoms with Crippen molar-refractivity contribution in [2.24, 2.45) is 0 Å². The molecule has 1 heterocycles. The van der Waals surface area contributed by atoms with Gasteiger partial charge in [-0.05, 0) is 49.1 Å². The predicted molar refractivity (Wildman–Crippen MR) is 101 cm³/mol. The molecule has 0 fully saturated rings. The molecular weight excluding hydrogens is 348 g/mol. The topological polar surface area (TPSA) is 100 Å². The van der Waals surface area contributed by atoms with Crippen LogP contribution in [-0.4, -0.2) is 34.6 Å². The van der Waals surface area contributed by atoms with E-state index in [9.17, 15) is 15.0 Å². The lowest BCUT2D eigenvalue weighted by atomic mass is 10.0. The fourth-order valence-electron chi connectivity index (χ4n) is 2.90. The molecule has 27 heavy (non-hydrogen) atoms. The van der Waals surface area contributed by atoms with Crippen molar-refractivity contribution in [1.82, 2.24) is 0 Å². The van der Waals surface area contributed by atoms with Gasteiger partial charge in [-0.3, -0.25) is 0 Å². The van der Waals surface area contributed by atoms with E-state index in [1.807, 2.05) is 18.2 Å². The Hall–Kier alpha value is -2.83. The lowest BCUT2D eigenvalue weighted by molar-refractivity contribution is 0.0536. The largest absolute Gasteiger partial charge is 0.507 e. The lowest BCUT2D eigenvalue weighted by Gasteiger charge is -2.11. The third kappa shape index (κ3) is 4.67. The van der Waals surface area contributed by atoms with Crippen molar-refractivity contribution in [1.29, 1.82) is 0 Å². The molecule has 0 unspecified atom stereocenters. The van der Waals surface area contributed by atoms with Gasteiger partial charge in [-0.1, -0.05) is 24.3 Å². The highest BCUT2D eigenvalue weighted by atomic mass is 16.5. The number of aromatic hydroxyl groups is 1. The lowest BCUT2D eigenvalue weighted by Crippen LogP contribution is -2.21. The molecule has 0 radical (unpaired) electrons. The van der Waals surface area contributed by atoms with Gasteiger partial charge in [0.05, 0.1) is 17.6 Å². The highest BCUT2D eigenvalue weighted by molar-refractivity contribution is 5.83. The summed E-state index contributed by atoms with van der Waals surface area (Å²) in [4.78, 5) is 12.1. The van der Waals surface area contributed by atoms with Gasteiger partial charge in [0.1, 0.15) is 29.8 Å². The second kappa shape index (κ2) is 8.70. The van der Waals surface area contributed by atoms with E-state index in [4.69, 9.17) is 14.3 Å². The van der Waals surface area contributed by atoms with Gasteiger partial charge >= 0.3 is 5.63 Å². The molecule has 6 nitrogen and oxygen atoms in total. The summed E-state index contributed by atoms with van der Waals surface area (Å²) in [6.45, 7) is -0.330. The first-order chi connectivity index (χ1) is 13.1. The molecule has 6 heteroatoms. The SMILES string of the molecule is O=c1oc2ccccc2c(O)c1CCCc1cccc(OC[C@H](O)CO)c1. The third-order valence-corrected chi connectivity index (χ3v) is 4.32. The summed E-state index contributed by atoms with van der Waals surface area (Å²) in [5.41, 5.74) is 1.16. The molecule has 0 aliphatic heterocycles. The van der Waals surface area contributed by atoms with Crippen LogP contribution in [0.3, 0.4) is 0 Å². The summed E-state index contributed by atoms with van der Waals surface area (Å²) in [6.07, 6.45) is 0.821. The predicted octanol–water partition coefficient (Wildman–Crippen LogP) is 2.41. The fourth-order valence-corrected chi connectivity index (χ4v) is 2.90. The summed E-state index contributed by atoms with van der Waals surface area (Å²) in [5.74, 6) is 0.588. The summed E-state index contributed by atoms with van der Waals surface area (Å²) in [6, 6.07) is 14.3.